The third-order valence-corrected chi connectivity index (χ3v) is 8.55. The fourth-order valence-electron chi connectivity index (χ4n) is 6.58. The SMILES string of the molecule is Cc1cc(-c2ccccc2)cc(C)c1-c1cc(Oc2ccc3c4ccccc4n(-c4ccccn4)c3c2)cc(-c2ccccn2)c1. The monoisotopic (exact) mass is 593 g/mol. The standard InChI is InChI=1S/C42H31N3O/c1-28-22-31(30-12-4-3-5-13-30)23-29(2)42(28)33-24-32(38-15-8-10-20-43-38)25-35(26-33)46-34-18-19-37-36-14-6-7-16-39(36)45(40(37)27-34)41-17-9-11-21-44-41/h3-27H,1-2H3. The first-order chi connectivity index (χ1) is 22.6. The smallest absolute Gasteiger partial charge is 0.137 e. The predicted octanol–water partition coefficient (Wildman–Crippen LogP) is 11.0. The summed E-state index contributed by atoms with van der Waals surface area (Å²) in [6, 6.07) is 48.3. The molecule has 8 aromatic rings. The molecule has 0 saturated carbocycles. The maximum Gasteiger partial charge on any atom is 0.137 e. The Morgan fingerprint density at radius 1 is 0.478 bits per heavy atom. The molecule has 0 radical (unpaired) electrons. The van der Waals surface area contributed by atoms with Gasteiger partial charge in [0, 0.05) is 34.8 Å². The first-order valence-electron chi connectivity index (χ1n) is 15.5. The minimum atomic E-state index is 0.754. The number of para-hydroxylation sites is 1. The molecule has 0 atom stereocenters. The van der Waals surface area contributed by atoms with E-state index in [9.17, 15) is 0 Å². The number of fused-ring (bicyclic) bond motifs is 3. The van der Waals surface area contributed by atoms with Gasteiger partial charge < -0.3 is 4.74 Å². The van der Waals surface area contributed by atoms with Gasteiger partial charge in [-0.1, -0.05) is 72.8 Å². The van der Waals surface area contributed by atoms with Crippen molar-refractivity contribution in [2.45, 2.75) is 13.8 Å². The van der Waals surface area contributed by atoms with Gasteiger partial charge in [0.05, 0.1) is 16.7 Å². The Morgan fingerprint density at radius 2 is 1.17 bits per heavy atom. The van der Waals surface area contributed by atoms with Gasteiger partial charge in [-0.15, -0.1) is 0 Å². The molecule has 0 aliphatic heterocycles. The molecule has 0 saturated heterocycles. The molecular formula is C42H31N3O. The summed E-state index contributed by atoms with van der Waals surface area (Å²) < 4.78 is 8.91. The molecule has 4 nitrogen and oxygen atoms in total. The van der Waals surface area contributed by atoms with Crippen molar-refractivity contribution in [3.05, 3.63) is 163 Å². The average molecular weight is 594 g/mol. The molecule has 0 bridgehead atoms. The van der Waals surface area contributed by atoms with Crippen molar-refractivity contribution in [3.8, 4) is 50.8 Å². The third kappa shape index (κ3) is 5.00. The van der Waals surface area contributed by atoms with Crippen molar-refractivity contribution < 1.29 is 4.74 Å². The Kier molecular flexibility index (Phi) is 6.88. The number of pyridine rings is 2. The number of ether oxygens (including phenoxy) is 1. The number of aromatic nitrogens is 3. The number of rotatable bonds is 6. The highest BCUT2D eigenvalue weighted by Crippen LogP contribution is 2.39. The van der Waals surface area contributed by atoms with E-state index in [1.54, 1.807) is 0 Å². The molecule has 3 heterocycles. The molecule has 3 aromatic heterocycles. The van der Waals surface area contributed by atoms with Crippen LogP contribution in [-0.4, -0.2) is 14.5 Å². The molecule has 0 aliphatic carbocycles. The van der Waals surface area contributed by atoms with E-state index < -0.39 is 0 Å². The van der Waals surface area contributed by atoms with Crippen LogP contribution in [0.25, 0.3) is 61.1 Å². The molecule has 0 fully saturated rings. The van der Waals surface area contributed by atoms with E-state index in [1.165, 1.54) is 33.2 Å². The first kappa shape index (κ1) is 27.5. The minimum absolute atomic E-state index is 0.754. The summed E-state index contributed by atoms with van der Waals surface area (Å²) in [5.41, 5.74) is 11.2. The van der Waals surface area contributed by atoms with E-state index in [0.29, 0.717) is 0 Å². The lowest BCUT2D eigenvalue weighted by atomic mass is 9.90. The van der Waals surface area contributed by atoms with E-state index in [1.807, 2.05) is 48.8 Å². The molecule has 0 aliphatic rings. The van der Waals surface area contributed by atoms with Gasteiger partial charge in [0.2, 0.25) is 0 Å². The van der Waals surface area contributed by atoms with Gasteiger partial charge in [-0.2, -0.15) is 0 Å². The average Bonchev–Trinajstić information content (AvgIpc) is 3.42. The highest BCUT2D eigenvalue weighted by atomic mass is 16.5. The Balaban J connectivity index is 1.26. The molecule has 220 valence electrons. The second-order valence-electron chi connectivity index (χ2n) is 11.6. The van der Waals surface area contributed by atoms with Crippen LogP contribution in [0.15, 0.2) is 152 Å². The van der Waals surface area contributed by atoms with Crippen LogP contribution >= 0.6 is 0 Å². The van der Waals surface area contributed by atoms with E-state index in [2.05, 4.69) is 132 Å². The van der Waals surface area contributed by atoms with Crippen molar-refractivity contribution in [1.82, 2.24) is 14.5 Å². The number of benzene rings is 5. The largest absolute Gasteiger partial charge is 0.457 e. The summed E-state index contributed by atoms with van der Waals surface area (Å²) in [5.74, 6) is 2.38. The van der Waals surface area contributed by atoms with Crippen LogP contribution in [0.3, 0.4) is 0 Å². The van der Waals surface area contributed by atoms with E-state index in [-0.39, 0.29) is 0 Å². The Labute approximate surface area is 268 Å². The van der Waals surface area contributed by atoms with Crippen molar-refractivity contribution in [2.75, 3.05) is 0 Å². The van der Waals surface area contributed by atoms with Crippen molar-refractivity contribution in [3.63, 3.8) is 0 Å². The van der Waals surface area contributed by atoms with Crippen LogP contribution in [0.5, 0.6) is 11.5 Å². The molecule has 5 aromatic carbocycles. The second kappa shape index (κ2) is 11.5. The maximum atomic E-state index is 6.71. The Hall–Kier alpha value is -6.00. The molecule has 46 heavy (non-hydrogen) atoms. The minimum Gasteiger partial charge on any atom is -0.457 e. The third-order valence-electron chi connectivity index (χ3n) is 8.55. The molecule has 4 heteroatoms. The zero-order valence-corrected chi connectivity index (χ0v) is 25.7. The van der Waals surface area contributed by atoms with Gasteiger partial charge >= 0.3 is 0 Å². The summed E-state index contributed by atoms with van der Waals surface area (Å²) in [6.45, 7) is 4.38. The van der Waals surface area contributed by atoms with Crippen LogP contribution < -0.4 is 4.74 Å². The lowest BCUT2D eigenvalue weighted by Crippen LogP contribution is -1.96. The lowest BCUT2D eigenvalue weighted by Gasteiger charge is -2.16. The zero-order chi connectivity index (χ0) is 31.0. The number of hydrogen-bond acceptors (Lipinski definition) is 3. The molecule has 0 unspecified atom stereocenters. The van der Waals surface area contributed by atoms with Gasteiger partial charge in [0.15, 0.2) is 0 Å². The fourth-order valence-corrected chi connectivity index (χ4v) is 6.58. The topological polar surface area (TPSA) is 39.9 Å². The van der Waals surface area contributed by atoms with E-state index >= 15 is 0 Å². The predicted molar refractivity (Wildman–Crippen MR) is 189 cm³/mol. The quantitative estimate of drug-likeness (QED) is 0.193. The summed E-state index contributed by atoms with van der Waals surface area (Å²) in [5, 5.41) is 2.33. The maximum absolute atomic E-state index is 6.71. The summed E-state index contributed by atoms with van der Waals surface area (Å²) in [7, 11) is 0. The molecule has 0 amide bonds. The van der Waals surface area contributed by atoms with Crippen molar-refractivity contribution in [1.29, 1.82) is 0 Å². The van der Waals surface area contributed by atoms with Gasteiger partial charge in [-0.05, 0) is 108 Å². The first-order valence-corrected chi connectivity index (χ1v) is 15.5. The highest BCUT2D eigenvalue weighted by Gasteiger charge is 2.16. The van der Waals surface area contributed by atoms with Crippen LogP contribution in [0.4, 0.5) is 0 Å². The molecule has 0 spiro atoms. The highest BCUT2D eigenvalue weighted by molar-refractivity contribution is 6.09. The Morgan fingerprint density at radius 3 is 1.93 bits per heavy atom. The van der Waals surface area contributed by atoms with Gasteiger partial charge in [-0.25, -0.2) is 4.98 Å². The lowest BCUT2D eigenvalue weighted by molar-refractivity contribution is 0.483. The van der Waals surface area contributed by atoms with Crippen LogP contribution in [0.2, 0.25) is 0 Å². The number of aryl methyl sites for hydroxylation is 2. The fraction of sp³-hybridized carbons (Fsp3) is 0.0476. The van der Waals surface area contributed by atoms with E-state index in [4.69, 9.17) is 4.74 Å². The summed E-state index contributed by atoms with van der Waals surface area (Å²) >= 11 is 0. The van der Waals surface area contributed by atoms with Crippen molar-refractivity contribution in [2.24, 2.45) is 0 Å². The summed E-state index contributed by atoms with van der Waals surface area (Å²) in [6.07, 6.45) is 3.66. The normalized spacial score (nSPS) is 11.3. The number of hydrogen-bond donors (Lipinski definition) is 0. The van der Waals surface area contributed by atoms with Crippen LogP contribution in [-0.2, 0) is 0 Å². The van der Waals surface area contributed by atoms with Crippen LogP contribution in [0.1, 0.15) is 11.1 Å². The van der Waals surface area contributed by atoms with Gasteiger partial charge in [0.25, 0.3) is 0 Å². The summed E-state index contributed by atoms with van der Waals surface area (Å²) in [4.78, 5) is 9.36. The molecule has 8 rings (SSSR count). The Bertz CT molecular complexity index is 2320. The molecule has 0 N–H and O–H groups in total. The second-order valence-corrected chi connectivity index (χ2v) is 11.6. The zero-order valence-electron chi connectivity index (χ0n) is 25.7. The van der Waals surface area contributed by atoms with Gasteiger partial charge in [0.1, 0.15) is 17.3 Å². The van der Waals surface area contributed by atoms with Crippen LogP contribution in [0, 0.1) is 13.8 Å². The van der Waals surface area contributed by atoms with E-state index in [0.717, 1.165) is 50.6 Å². The van der Waals surface area contributed by atoms with Gasteiger partial charge in [-0.3, -0.25) is 9.55 Å². The van der Waals surface area contributed by atoms with Crippen molar-refractivity contribution >= 4 is 21.8 Å². The molecular weight excluding hydrogens is 562 g/mol. The number of nitrogens with zero attached hydrogens (tertiary/aromatic N) is 3.